The quantitative estimate of drug-likeness (QED) is 0.676. The molecule has 4 heteroatoms. The molecule has 2 N–H and O–H groups in total. The molecule has 1 aliphatic heterocycles. The monoisotopic (exact) mass is 298 g/mol. The van der Waals surface area contributed by atoms with Crippen LogP contribution in [-0.4, -0.2) is 47.7 Å². The number of carbonyl (C=O) groups is 1. The van der Waals surface area contributed by atoms with Crippen molar-refractivity contribution in [1.29, 1.82) is 0 Å². The highest BCUT2D eigenvalue weighted by Crippen LogP contribution is 2.33. The fraction of sp³-hybridized carbons (Fsp3) is 0.941. The Labute approximate surface area is 130 Å². The predicted molar refractivity (Wildman–Crippen MR) is 87.6 cm³/mol. The van der Waals surface area contributed by atoms with E-state index in [-0.39, 0.29) is 0 Å². The van der Waals surface area contributed by atoms with Gasteiger partial charge >= 0.3 is 5.97 Å². The first kappa shape index (κ1) is 18.4. The van der Waals surface area contributed by atoms with Crippen LogP contribution in [0, 0.1) is 11.3 Å². The van der Waals surface area contributed by atoms with E-state index < -0.39 is 11.5 Å². The molecule has 0 aliphatic carbocycles. The number of unbranched alkanes of at least 4 members (excludes halogenated alkanes) is 1. The van der Waals surface area contributed by atoms with Crippen molar-refractivity contribution in [2.45, 2.75) is 65.8 Å². The molecule has 0 spiro atoms. The van der Waals surface area contributed by atoms with Gasteiger partial charge in [-0.15, -0.1) is 0 Å². The molecular weight excluding hydrogens is 264 g/mol. The maximum Gasteiger partial charge on any atom is 0.323 e. The van der Waals surface area contributed by atoms with E-state index in [1.165, 1.54) is 19.5 Å². The smallest absolute Gasteiger partial charge is 0.323 e. The Hall–Kier alpha value is -0.610. The van der Waals surface area contributed by atoms with Crippen molar-refractivity contribution < 1.29 is 9.90 Å². The Morgan fingerprint density at radius 2 is 1.95 bits per heavy atom. The molecule has 2 unspecified atom stereocenters. The van der Waals surface area contributed by atoms with Crippen LogP contribution in [0.2, 0.25) is 0 Å². The van der Waals surface area contributed by atoms with Crippen molar-refractivity contribution in [1.82, 2.24) is 10.2 Å². The highest BCUT2D eigenvalue weighted by molar-refractivity contribution is 5.78. The molecule has 1 fully saturated rings. The molecule has 0 aromatic heterocycles. The highest BCUT2D eigenvalue weighted by Gasteiger charge is 2.33. The van der Waals surface area contributed by atoms with Crippen molar-refractivity contribution in [2.24, 2.45) is 11.3 Å². The summed E-state index contributed by atoms with van der Waals surface area (Å²) in [6.45, 7) is 14.9. The van der Waals surface area contributed by atoms with Crippen LogP contribution in [0.3, 0.4) is 0 Å². The summed E-state index contributed by atoms with van der Waals surface area (Å²) >= 11 is 0. The summed E-state index contributed by atoms with van der Waals surface area (Å²) in [5.41, 5.74) is -0.366. The Balaban J connectivity index is 2.27. The fourth-order valence-corrected chi connectivity index (χ4v) is 3.22. The topological polar surface area (TPSA) is 52.6 Å². The van der Waals surface area contributed by atoms with E-state index in [0.29, 0.717) is 18.4 Å². The van der Waals surface area contributed by atoms with Crippen LogP contribution in [0.25, 0.3) is 0 Å². The molecule has 124 valence electrons. The molecule has 0 saturated carbocycles. The minimum atomic E-state index is -0.770. The lowest BCUT2D eigenvalue weighted by atomic mass is 9.80. The second kappa shape index (κ2) is 7.59. The lowest BCUT2D eigenvalue weighted by Gasteiger charge is -2.27. The predicted octanol–water partition coefficient (Wildman–Crippen LogP) is 2.98. The van der Waals surface area contributed by atoms with E-state index >= 15 is 0 Å². The molecule has 0 aromatic carbocycles. The SMILES string of the molecule is CCNC(C)(CCCCN1CCC(C(C)(C)C)C1)C(=O)O. The van der Waals surface area contributed by atoms with E-state index in [9.17, 15) is 9.90 Å². The number of likely N-dealkylation sites (N-methyl/N-ethyl adjacent to an activating group) is 1. The van der Waals surface area contributed by atoms with E-state index in [0.717, 1.165) is 25.3 Å². The van der Waals surface area contributed by atoms with Gasteiger partial charge in [-0.05, 0) is 63.6 Å². The van der Waals surface area contributed by atoms with Gasteiger partial charge in [-0.2, -0.15) is 0 Å². The van der Waals surface area contributed by atoms with Crippen molar-refractivity contribution in [3.05, 3.63) is 0 Å². The summed E-state index contributed by atoms with van der Waals surface area (Å²) in [6, 6.07) is 0. The largest absolute Gasteiger partial charge is 0.480 e. The number of rotatable bonds is 8. The lowest BCUT2D eigenvalue weighted by molar-refractivity contribution is -0.144. The number of hydrogen-bond acceptors (Lipinski definition) is 3. The summed E-state index contributed by atoms with van der Waals surface area (Å²) in [7, 11) is 0. The molecule has 2 atom stereocenters. The molecule has 0 radical (unpaired) electrons. The Morgan fingerprint density at radius 3 is 2.43 bits per heavy atom. The van der Waals surface area contributed by atoms with Gasteiger partial charge in [0.2, 0.25) is 0 Å². The lowest BCUT2D eigenvalue weighted by Crippen LogP contribution is -2.49. The minimum Gasteiger partial charge on any atom is -0.480 e. The summed E-state index contributed by atoms with van der Waals surface area (Å²) in [5.74, 6) is 0.0573. The van der Waals surface area contributed by atoms with Gasteiger partial charge < -0.3 is 15.3 Å². The summed E-state index contributed by atoms with van der Waals surface area (Å²) < 4.78 is 0. The summed E-state index contributed by atoms with van der Waals surface area (Å²) in [6.07, 6.45) is 4.05. The average molecular weight is 298 g/mol. The first-order valence-corrected chi connectivity index (χ1v) is 8.40. The zero-order valence-corrected chi connectivity index (χ0v) is 14.5. The van der Waals surface area contributed by atoms with Gasteiger partial charge in [-0.3, -0.25) is 4.79 Å². The van der Waals surface area contributed by atoms with Crippen molar-refractivity contribution in [3.8, 4) is 0 Å². The van der Waals surface area contributed by atoms with Gasteiger partial charge in [-0.25, -0.2) is 0 Å². The van der Waals surface area contributed by atoms with Crippen molar-refractivity contribution in [2.75, 3.05) is 26.2 Å². The van der Waals surface area contributed by atoms with Gasteiger partial charge in [0.25, 0.3) is 0 Å². The third-order valence-corrected chi connectivity index (χ3v) is 4.94. The molecule has 0 bridgehead atoms. The van der Waals surface area contributed by atoms with E-state index in [1.807, 2.05) is 6.92 Å². The second-order valence-corrected chi connectivity index (χ2v) is 7.78. The number of carboxylic acids is 1. The first-order chi connectivity index (χ1) is 9.69. The number of aliphatic carboxylic acids is 1. The van der Waals surface area contributed by atoms with Crippen molar-refractivity contribution >= 4 is 5.97 Å². The van der Waals surface area contributed by atoms with Crippen molar-refractivity contribution in [3.63, 3.8) is 0 Å². The zero-order valence-electron chi connectivity index (χ0n) is 14.5. The number of carboxylic acid groups (broad SMARTS) is 1. The molecule has 21 heavy (non-hydrogen) atoms. The number of nitrogens with zero attached hydrogens (tertiary/aromatic N) is 1. The summed E-state index contributed by atoms with van der Waals surface area (Å²) in [4.78, 5) is 13.9. The fourth-order valence-electron chi connectivity index (χ4n) is 3.22. The van der Waals surface area contributed by atoms with Gasteiger partial charge in [0.1, 0.15) is 5.54 Å². The normalized spacial score (nSPS) is 23.2. The minimum absolute atomic E-state index is 0.404. The van der Waals surface area contributed by atoms with Crippen LogP contribution in [0.5, 0.6) is 0 Å². The number of likely N-dealkylation sites (tertiary alicyclic amines) is 1. The molecule has 1 aliphatic rings. The molecule has 1 saturated heterocycles. The third-order valence-electron chi connectivity index (χ3n) is 4.94. The Morgan fingerprint density at radius 1 is 1.29 bits per heavy atom. The van der Waals surface area contributed by atoms with Gasteiger partial charge in [0, 0.05) is 6.54 Å². The van der Waals surface area contributed by atoms with Crippen LogP contribution in [0.4, 0.5) is 0 Å². The van der Waals surface area contributed by atoms with Crippen LogP contribution < -0.4 is 5.32 Å². The Bertz CT molecular complexity index is 338. The summed E-state index contributed by atoms with van der Waals surface area (Å²) in [5, 5.41) is 12.4. The highest BCUT2D eigenvalue weighted by atomic mass is 16.4. The van der Waals surface area contributed by atoms with E-state index in [4.69, 9.17) is 0 Å². The maximum absolute atomic E-state index is 11.3. The van der Waals surface area contributed by atoms with E-state index in [1.54, 1.807) is 6.92 Å². The molecule has 1 rings (SSSR count). The maximum atomic E-state index is 11.3. The van der Waals surface area contributed by atoms with E-state index in [2.05, 4.69) is 31.0 Å². The standard InChI is InChI=1S/C17H34N2O2/c1-6-18-17(5,15(20)21)10-7-8-11-19-12-9-14(13-19)16(2,3)4/h14,18H,6-13H2,1-5H3,(H,20,21). The number of nitrogens with one attached hydrogen (secondary N) is 1. The molecule has 4 nitrogen and oxygen atoms in total. The second-order valence-electron chi connectivity index (χ2n) is 7.78. The van der Waals surface area contributed by atoms with Gasteiger partial charge in [0.05, 0.1) is 0 Å². The van der Waals surface area contributed by atoms with Crippen LogP contribution in [-0.2, 0) is 4.79 Å². The molecular formula is C17H34N2O2. The average Bonchev–Trinajstić information content (AvgIpc) is 2.83. The van der Waals surface area contributed by atoms with Gasteiger partial charge in [-0.1, -0.05) is 27.7 Å². The molecule has 0 amide bonds. The van der Waals surface area contributed by atoms with Crippen LogP contribution in [0.1, 0.15) is 60.3 Å². The van der Waals surface area contributed by atoms with Gasteiger partial charge in [0.15, 0.2) is 0 Å². The van der Waals surface area contributed by atoms with Crippen LogP contribution >= 0.6 is 0 Å². The molecule has 1 heterocycles. The van der Waals surface area contributed by atoms with Crippen LogP contribution in [0.15, 0.2) is 0 Å². The third kappa shape index (κ3) is 5.59. The Kier molecular flexibility index (Phi) is 6.67. The zero-order chi connectivity index (χ0) is 16.1. The number of hydrogen-bond donors (Lipinski definition) is 2. The first-order valence-electron chi connectivity index (χ1n) is 8.40. The molecule has 0 aromatic rings.